The second-order valence-corrected chi connectivity index (χ2v) is 7.74. The van der Waals surface area contributed by atoms with E-state index in [9.17, 15) is 4.79 Å². The summed E-state index contributed by atoms with van der Waals surface area (Å²) in [5.74, 6) is 0.723. The number of hydrogen-bond donors (Lipinski definition) is 1. The Morgan fingerprint density at radius 1 is 1.19 bits per heavy atom. The van der Waals surface area contributed by atoms with Crippen molar-refractivity contribution in [3.63, 3.8) is 0 Å². The van der Waals surface area contributed by atoms with Crippen molar-refractivity contribution in [2.24, 2.45) is 0 Å². The Morgan fingerprint density at radius 2 is 1.96 bits per heavy atom. The fourth-order valence-electron chi connectivity index (χ4n) is 3.37. The SMILES string of the molecule is CN(C)CCNc1cc2c(c3oc4ccccc4c(=O)c13)C=CC(C)(C)O2. The van der Waals surface area contributed by atoms with Gasteiger partial charge < -0.3 is 19.4 Å². The molecule has 140 valence electrons. The fraction of sp³-hybridized carbons (Fsp3) is 0.318. The van der Waals surface area contributed by atoms with E-state index in [2.05, 4.69) is 10.2 Å². The van der Waals surface area contributed by atoms with Crippen molar-refractivity contribution in [1.29, 1.82) is 0 Å². The normalized spacial score (nSPS) is 15.1. The van der Waals surface area contributed by atoms with Crippen LogP contribution in [0.2, 0.25) is 0 Å². The van der Waals surface area contributed by atoms with E-state index in [1.54, 1.807) is 6.07 Å². The van der Waals surface area contributed by atoms with Crippen LogP contribution in [0.15, 0.2) is 45.6 Å². The van der Waals surface area contributed by atoms with Crippen LogP contribution in [0.5, 0.6) is 5.75 Å². The molecule has 0 saturated heterocycles. The molecule has 4 rings (SSSR count). The van der Waals surface area contributed by atoms with Crippen molar-refractivity contribution in [3.05, 3.63) is 52.2 Å². The van der Waals surface area contributed by atoms with Crippen molar-refractivity contribution in [1.82, 2.24) is 4.90 Å². The number of ether oxygens (including phenoxy) is 1. The van der Waals surface area contributed by atoms with E-state index in [1.165, 1.54) is 0 Å². The molecule has 1 aliphatic rings. The average Bonchev–Trinajstić information content (AvgIpc) is 2.60. The van der Waals surface area contributed by atoms with Gasteiger partial charge in [0.25, 0.3) is 0 Å². The van der Waals surface area contributed by atoms with Crippen LogP contribution >= 0.6 is 0 Å². The molecule has 5 nitrogen and oxygen atoms in total. The monoisotopic (exact) mass is 364 g/mol. The van der Waals surface area contributed by atoms with Gasteiger partial charge >= 0.3 is 0 Å². The molecule has 0 saturated carbocycles. The number of fused-ring (bicyclic) bond motifs is 4. The highest BCUT2D eigenvalue weighted by atomic mass is 16.5. The van der Waals surface area contributed by atoms with Gasteiger partial charge in [0.1, 0.15) is 16.9 Å². The fourth-order valence-corrected chi connectivity index (χ4v) is 3.37. The minimum atomic E-state index is -0.404. The summed E-state index contributed by atoms with van der Waals surface area (Å²) in [6.45, 7) is 5.58. The zero-order chi connectivity index (χ0) is 19.2. The lowest BCUT2D eigenvalue weighted by Gasteiger charge is -2.28. The highest BCUT2D eigenvalue weighted by Gasteiger charge is 2.26. The summed E-state index contributed by atoms with van der Waals surface area (Å²) >= 11 is 0. The van der Waals surface area contributed by atoms with Crippen LogP contribution in [0.1, 0.15) is 19.4 Å². The first-order valence-corrected chi connectivity index (χ1v) is 9.15. The van der Waals surface area contributed by atoms with Gasteiger partial charge in [0.05, 0.1) is 22.0 Å². The maximum absolute atomic E-state index is 13.2. The summed E-state index contributed by atoms with van der Waals surface area (Å²) in [4.78, 5) is 15.3. The topological polar surface area (TPSA) is 54.7 Å². The van der Waals surface area contributed by atoms with E-state index in [4.69, 9.17) is 9.15 Å². The van der Waals surface area contributed by atoms with Gasteiger partial charge in [-0.25, -0.2) is 0 Å². The third-order valence-electron chi connectivity index (χ3n) is 4.75. The number of para-hydroxylation sites is 1. The van der Waals surface area contributed by atoms with Crippen LogP contribution in [-0.4, -0.2) is 37.7 Å². The van der Waals surface area contributed by atoms with Gasteiger partial charge in [0.15, 0.2) is 5.58 Å². The molecule has 0 radical (unpaired) electrons. The van der Waals surface area contributed by atoms with E-state index >= 15 is 0 Å². The number of rotatable bonds is 4. The summed E-state index contributed by atoms with van der Waals surface area (Å²) in [5, 5.41) is 4.55. The number of nitrogens with zero attached hydrogens (tertiary/aromatic N) is 1. The van der Waals surface area contributed by atoms with Gasteiger partial charge in [-0.05, 0) is 52.2 Å². The van der Waals surface area contributed by atoms with E-state index in [0.717, 1.165) is 23.5 Å². The summed E-state index contributed by atoms with van der Waals surface area (Å²) < 4.78 is 12.3. The minimum absolute atomic E-state index is 0.0276. The van der Waals surface area contributed by atoms with Gasteiger partial charge in [-0.3, -0.25) is 4.79 Å². The minimum Gasteiger partial charge on any atom is -0.483 e. The van der Waals surface area contributed by atoms with Gasteiger partial charge in [0, 0.05) is 19.2 Å². The van der Waals surface area contributed by atoms with Gasteiger partial charge in [-0.2, -0.15) is 0 Å². The highest BCUT2D eigenvalue weighted by Crippen LogP contribution is 2.40. The quantitative estimate of drug-likeness (QED) is 0.706. The molecule has 0 atom stereocenters. The number of anilines is 1. The summed E-state index contributed by atoms with van der Waals surface area (Å²) in [6.07, 6.45) is 3.98. The predicted octanol–water partition coefficient (Wildman–Crippen LogP) is 4.10. The number of nitrogens with one attached hydrogen (secondary N) is 1. The number of likely N-dealkylation sites (N-methyl/N-ethyl adjacent to an activating group) is 1. The van der Waals surface area contributed by atoms with E-state index in [0.29, 0.717) is 28.5 Å². The van der Waals surface area contributed by atoms with E-state index < -0.39 is 5.60 Å². The van der Waals surface area contributed by atoms with Gasteiger partial charge in [0.2, 0.25) is 5.43 Å². The Balaban J connectivity index is 1.99. The molecule has 3 aromatic rings. The highest BCUT2D eigenvalue weighted by molar-refractivity contribution is 6.02. The molecule has 1 aliphatic heterocycles. The van der Waals surface area contributed by atoms with Crippen LogP contribution in [-0.2, 0) is 0 Å². The molecule has 27 heavy (non-hydrogen) atoms. The largest absolute Gasteiger partial charge is 0.483 e. The third-order valence-corrected chi connectivity index (χ3v) is 4.75. The maximum atomic E-state index is 13.2. The van der Waals surface area contributed by atoms with Crippen LogP contribution in [0.4, 0.5) is 5.69 Å². The Hall–Kier alpha value is -2.79. The predicted molar refractivity (Wildman–Crippen MR) is 111 cm³/mol. The Morgan fingerprint density at radius 3 is 2.74 bits per heavy atom. The second kappa shape index (κ2) is 6.43. The first kappa shape index (κ1) is 17.6. The lowest BCUT2D eigenvalue weighted by molar-refractivity contribution is 0.159. The summed E-state index contributed by atoms with van der Waals surface area (Å²) in [7, 11) is 4.04. The molecule has 2 aromatic carbocycles. The van der Waals surface area contributed by atoms with Crippen LogP contribution < -0.4 is 15.5 Å². The average molecular weight is 364 g/mol. The molecule has 0 spiro atoms. The molecule has 1 N–H and O–H groups in total. The number of benzene rings is 2. The van der Waals surface area contributed by atoms with E-state index in [1.807, 2.05) is 64.4 Å². The third kappa shape index (κ3) is 3.19. The molecule has 0 amide bonds. The zero-order valence-corrected chi connectivity index (χ0v) is 16.1. The maximum Gasteiger partial charge on any atom is 0.202 e. The molecule has 1 aromatic heterocycles. The first-order chi connectivity index (χ1) is 12.9. The number of hydrogen-bond acceptors (Lipinski definition) is 5. The summed E-state index contributed by atoms with van der Waals surface area (Å²) in [5.41, 5.74) is 2.27. The van der Waals surface area contributed by atoms with Crippen molar-refractivity contribution in [2.75, 3.05) is 32.5 Å². The van der Waals surface area contributed by atoms with E-state index in [-0.39, 0.29) is 5.43 Å². The molecule has 0 bridgehead atoms. The lowest BCUT2D eigenvalue weighted by Crippen LogP contribution is -2.28. The standard InChI is InChI=1S/C22H24N2O3/c1-22(2)10-9-15-18(27-22)13-16(23-11-12-24(3)4)19-20(25)14-7-5-6-8-17(14)26-21(15)19/h5-10,13,23H,11-12H2,1-4H3. The Kier molecular flexibility index (Phi) is 4.19. The molecule has 0 aliphatic carbocycles. The van der Waals surface area contributed by atoms with Crippen molar-refractivity contribution >= 4 is 33.7 Å². The van der Waals surface area contributed by atoms with Crippen molar-refractivity contribution in [3.8, 4) is 5.75 Å². The molecule has 0 fully saturated rings. The van der Waals surface area contributed by atoms with Crippen molar-refractivity contribution < 1.29 is 9.15 Å². The van der Waals surface area contributed by atoms with Gasteiger partial charge in [-0.15, -0.1) is 0 Å². The molecule has 2 heterocycles. The zero-order valence-electron chi connectivity index (χ0n) is 16.1. The Labute approximate surface area is 158 Å². The summed E-state index contributed by atoms with van der Waals surface area (Å²) in [6, 6.07) is 9.28. The lowest BCUT2D eigenvalue weighted by atomic mass is 9.99. The molecule has 0 unspecified atom stereocenters. The van der Waals surface area contributed by atoms with Crippen LogP contribution in [0.3, 0.4) is 0 Å². The second-order valence-electron chi connectivity index (χ2n) is 7.74. The molecular weight excluding hydrogens is 340 g/mol. The molecule has 5 heteroatoms. The molecular formula is C22H24N2O3. The van der Waals surface area contributed by atoms with Crippen molar-refractivity contribution in [2.45, 2.75) is 19.4 Å². The first-order valence-electron chi connectivity index (χ1n) is 9.15. The van der Waals surface area contributed by atoms with Gasteiger partial charge in [-0.1, -0.05) is 12.1 Å². The Bertz CT molecular complexity index is 1110. The van der Waals surface area contributed by atoms with Crippen LogP contribution in [0.25, 0.3) is 28.0 Å². The van der Waals surface area contributed by atoms with Crippen LogP contribution in [0, 0.1) is 0 Å². The smallest absolute Gasteiger partial charge is 0.202 e.